The molecule has 1 amide bonds. The molecule has 0 unspecified atom stereocenters. The maximum atomic E-state index is 12.4. The third kappa shape index (κ3) is 12.2. The van der Waals surface area contributed by atoms with Crippen LogP contribution in [0.25, 0.3) is 0 Å². The Bertz CT molecular complexity index is 489. The zero-order chi connectivity index (χ0) is 21.7. The number of unbranched alkanes of at least 4 members (excludes halogenated alkanes) is 2. The van der Waals surface area contributed by atoms with Crippen LogP contribution in [0.4, 0.5) is 4.79 Å². The van der Waals surface area contributed by atoms with Gasteiger partial charge >= 0.3 is 6.09 Å². The third-order valence-electron chi connectivity index (χ3n) is 5.03. The van der Waals surface area contributed by atoms with Gasteiger partial charge in [-0.15, -0.1) is 24.0 Å². The molecule has 7 nitrogen and oxygen atoms in total. The number of hydrogen-bond acceptors (Lipinski definition) is 4. The van der Waals surface area contributed by atoms with Crippen LogP contribution < -0.4 is 5.32 Å². The number of nitrogens with zero attached hydrogens (tertiary/aromatic N) is 3. The first-order valence-corrected chi connectivity index (χ1v) is 11.3. The fourth-order valence-corrected chi connectivity index (χ4v) is 3.44. The lowest BCUT2D eigenvalue weighted by Gasteiger charge is -2.36. The van der Waals surface area contributed by atoms with E-state index in [2.05, 4.69) is 17.1 Å². The van der Waals surface area contributed by atoms with Crippen molar-refractivity contribution in [1.29, 1.82) is 0 Å². The maximum absolute atomic E-state index is 12.4. The van der Waals surface area contributed by atoms with Gasteiger partial charge in [-0.1, -0.05) is 0 Å². The van der Waals surface area contributed by atoms with E-state index in [1.165, 1.54) is 0 Å². The summed E-state index contributed by atoms with van der Waals surface area (Å²) in [5.74, 6) is 1.54. The summed E-state index contributed by atoms with van der Waals surface area (Å²) in [6, 6.07) is 0. The van der Waals surface area contributed by atoms with Crippen LogP contribution >= 0.6 is 24.0 Å². The van der Waals surface area contributed by atoms with Crippen molar-refractivity contribution in [3.8, 4) is 0 Å². The highest BCUT2D eigenvalue weighted by molar-refractivity contribution is 14.0. The highest BCUT2D eigenvalue weighted by Crippen LogP contribution is 2.20. The normalized spacial score (nSPS) is 15.5. The molecule has 1 heterocycles. The van der Waals surface area contributed by atoms with Gasteiger partial charge < -0.3 is 24.6 Å². The van der Waals surface area contributed by atoms with Crippen molar-refractivity contribution in [3.63, 3.8) is 0 Å². The molecule has 1 aliphatic heterocycles. The summed E-state index contributed by atoms with van der Waals surface area (Å²) in [5.41, 5.74) is -0.450. The summed E-state index contributed by atoms with van der Waals surface area (Å²) >= 11 is 0. The molecule has 0 saturated carbocycles. The van der Waals surface area contributed by atoms with E-state index in [9.17, 15) is 4.79 Å². The van der Waals surface area contributed by atoms with Gasteiger partial charge in [-0.2, -0.15) is 0 Å². The average Bonchev–Trinajstić information content (AvgIpc) is 2.67. The Hall–Kier alpha value is -0.770. The van der Waals surface area contributed by atoms with Crippen molar-refractivity contribution < 1.29 is 14.3 Å². The van der Waals surface area contributed by atoms with Gasteiger partial charge in [-0.3, -0.25) is 4.99 Å². The molecule has 178 valence electrons. The van der Waals surface area contributed by atoms with Gasteiger partial charge in [0.15, 0.2) is 5.96 Å². The first-order valence-electron chi connectivity index (χ1n) is 11.3. The van der Waals surface area contributed by atoms with Crippen molar-refractivity contribution >= 4 is 36.0 Å². The quantitative estimate of drug-likeness (QED) is 0.193. The van der Waals surface area contributed by atoms with Crippen molar-refractivity contribution in [3.05, 3.63) is 0 Å². The number of carbonyl (C=O) groups is 1. The zero-order valence-electron chi connectivity index (χ0n) is 20.0. The van der Waals surface area contributed by atoms with Crippen LogP contribution in [-0.4, -0.2) is 80.4 Å². The number of piperidine rings is 1. The molecule has 0 aromatic carbocycles. The van der Waals surface area contributed by atoms with Crippen molar-refractivity contribution in [2.75, 3.05) is 53.0 Å². The second kappa shape index (κ2) is 15.9. The van der Waals surface area contributed by atoms with E-state index >= 15 is 0 Å². The van der Waals surface area contributed by atoms with E-state index in [4.69, 9.17) is 14.5 Å². The molecule has 0 aromatic heterocycles. The van der Waals surface area contributed by atoms with Crippen molar-refractivity contribution in [1.82, 2.24) is 15.1 Å². The number of guanidine groups is 1. The van der Waals surface area contributed by atoms with E-state index in [1.54, 1.807) is 7.11 Å². The van der Waals surface area contributed by atoms with Crippen molar-refractivity contribution in [2.24, 2.45) is 10.9 Å². The van der Waals surface area contributed by atoms with Crippen LogP contribution in [0.3, 0.4) is 0 Å². The molecule has 1 aliphatic rings. The fourth-order valence-electron chi connectivity index (χ4n) is 3.44. The molecule has 0 bridgehead atoms. The number of halogens is 1. The summed E-state index contributed by atoms with van der Waals surface area (Å²) in [5, 5.41) is 3.43. The molecule has 1 N–H and O–H groups in total. The first kappa shape index (κ1) is 29.2. The second-order valence-electron chi connectivity index (χ2n) is 8.74. The minimum atomic E-state index is -0.450. The van der Waals surface area contributed by atoms with E-state index in [1.807, 2.05) is 32.6 Å². The molecule has 0 spiro atoms. The molecular formula is C22H45IN4O3. The molecule has 1 fully saturated rings. The number of carbonyl (C=O) groups excluding carboxylic acids is 1. The smallest absolute Gasteiger partial charge is 0.410 e. The van der Waals surface area contributed by atoms with Crippen LogP contribution in [0.1, 0.15) is 66.7 Å². The molecule has 30 heavy (non-hydrogen) atoms. The average molecular weight is 541 g/mol. The van der Waals surface area contributed by atoms with Gasteiger partial charge in [0.25, 0.3) is 0 Å². The minimum Gasteiger partial charge on any atom is -0.444 e. The van der Waals surface area contributed by atoms with Gasteiger partial charge in [0.1, 0.15) is 5.60 Å². The number of nitrogens with one attached hydrogen (secondary N) is 1. The van der Waals surface area contributed by atoms with E-state index in [0.29, 0.717) is 12.5 Å². The Kier molecular flexibility index (Phi) is 15.5. The number of amides is 1. The Morgan fingerprint density at radius 2 is 1.83 bits per heavy atom. The standard InChI is InChI=1S/C22H44N4O3.HI/c1-7-23-20(24-14-10-9-11-17-28-6)26-15-12-19(13-16-26)18-25(8-2)21(27)29-22(3,4)5;/h19H,7-18H2,1-6H3,(H,23,24);1H. The lowest BCUT2D eigenvalue weighted by Crippen LogP contribution is -2.48. The monoisotopic (exact) mass is 540 g/mol. The fraction of sp³-hybridized carbons (Fsp3) is 0.909. The van der Waals surface area contributed by atoms with E-state index in [0.717, 1.165) is 77.4 Å². The summed E-state index contributed by atoms with van der Waals surface area (Å²) in [6.07, 6.45) is 5.27. The maximum Gasteiger partial charge on any atom is 0.410 e. The number of aliphatic imine (C=N–C) groups is 1. The summed E-state index contributed by atoms with van der Waals surface area (Å²) in [6.45, 7) is 15.8. The molecule has 1 rings (SSSR count). The largest absolute Gasteiger partial charge is 0.444 e. The molecule has 0 aliphatic carbocycles. The van der Waals surface area contributed by atoms with E-state index in [-0.39, 0.29) is 30.1 Å². The summed E-state index contributed by atoms with van der Waals surface area (Å²) in [4.78, 5) is 21.4. The number of ether oxygens (including phenoxy) is 2. The third-order valence-corrected chi connectivity index (χ3v) is 5.03. The molecule has 0 radical (unpaired) electrons. The lowest BCUT2D eigenvalue weighted by atomic mass is 9.96. The van der Waals surface area contributed by atoms with Crippen molar-refractivity contribution in [2.45, 2.75) is 72.3 Å². The van der Waals surface area contributed by atoms with E-state index < -0.39 is 5.60 Å². The Morgan fingerprint density at radius 3 is 2.37 bits per heavy atom. The highest BCUT2D eigenvalue weighted by atomic mass is 127. The molecule has 8 heteroatoms. The minimum absolute atomic E-state index is 0. The highest BCUT2D eigenvalue weighted by Gasteiger charge is 2.27. The first-order chi connectivity index (χ1) is 13.8. The van der Waals surface area contributed by atoms with Crippen LogP contribution in [0.15, 0.2) is 4.99 Å². The number of rotatable bonds is 10. The Labute approximate surface area is 201 Å². The van der Waals surface area contributed by atoms with Crippen LogP contribution in [0.2, 0.25) is 0 Å². The Morgan fingerprint density at radius 1 is 1.17 bits per heavy atom. The molecule has 0 aromatic rings. The van der Waals surface area contributed by atoms with Gasteiger partial charge in [-0.05, 0) is 72.6 Å². The van der Waals surface area contributed by atoms with Crippen LogP contribution in [0.5, 0.6) is 0 Å². The SMILES string of the molecule is CCNC(=NCCCCCOC)N1CCC(CN(CC)C(=O)OC(C)(C)C)CC1.I. The number of likely N-dealkylation sites (tertiary alicyclic amines) is 1. The molecule has 0 atom stereocenters. The van der Waals surface area contributed by atoms with Crippen LogP contribution in [0, 0.1) is 5.92 Å². The second-order valence-corrected chi connectivity index (χ2v) is 8.74. The number of methoxy groups -OCH3 is 1. The molecule has 1 saturated heterocycles. The summed E-state index contributed by atoms with van der Waals surface area (Å²) < 4.78 is 10.6. The lowest BCUT2D eigenvalue weighted by molar-refractivity contribution is 0.0214. The van der Waals surface area contributed by atoms with Gasteiger partial charge in [0.05, 0.1) is 0 Å². The van der Waals surface area contributed by atoms with Crippen LogP contribution in [-0.2, 0) is 9.47 Å². The van der Waals surface area contributed by atoms with Gasteiger partial charge in [0.2, 0.25) is 0 Å². The van der Waals surface area contributed by atoms with Gasteiger partial charge in [0, 0.05) is 53.0 Å². The molecular weight excluding hydrogens is 495 g/mol. The zero-order valence-corrected chi connectivity index (χ0v) is 22.4. The Balaban J connectivity index is 0.00000841. The predicted octanol–water partition coefficient (Wildman–Crippen LogP) is 4.36. The number of hydrogen-bond donors (Lipinski definition) is 1. The summed E-state index contributed by atoms with van der Waals surface area (Å²) in [7, 11) is 1.75. The predicted molar refractivity (Wildman–Crippen MR) is 135 cm³/mol. The van der Waals surface area contributed by atoms with Gasteiger partial charge in [-0.25, -0.2) is 4.79 Å². The topological polar surface area (TPSA) is 66.4 Å².